The van der Waals surface area contributed by atoms with Gasteiger partial charge in [-0.05, 0) is 59.2 Å². The number of methoxy groups -OCH3 is 2. The zero-order valence-corrected chi connectivity index (χ0v) is 29.3. The van der Waals surface area contributed by atoms with Gasteiger partial charge in [0.05, 0.1) is 25.3 Å². The molecule has 0 aromatic heterocycles. The molecular formula is C35H47NO7SSi. The maximum atomic E-state index is 7.26. The van der Waals surface area contributed by atoms with Gasteiger partial charge in [-0.3, -0.25) is 0 Å². The molecule has 3 aromatic carbocycles. The summed E-state index contributed by atoms with van der Waals surface area (Å²) in [5.74, 6) is 1.07. The number of hydrogen-bond acceptors (Lipinski definition) is 8. The van der Waals surface area contributed by atoms with E-state index in [-0.39, 0.29) is 24.7 Å². The summed E-state index contributed by atoms with van der Waals surface area (Å²) in [4.78, 5) is 2.13. The summed E-state index contributed by atoms with van der Waals surface area (Å²) in [6.45, 7) is 12.7. The molecule has 4 rings (SSSR count). The first-order valence-corrected chi connectivity index (χ1v) is 18.5. The lowest BCUT2D eigenvalue weighted by atomic mass is 10.0. The molecule has 1 fully saturated rings. The Balaban J connectivity index is 1.78. The first kappa shape index (κ1) is 34.9. The Labute approximate surface area is 274 Å². The van der Waals surface area contributed by atoms with Crippen molar-refractivity contribution >= 4 is 25.7 Å². The second-order valence-corrected chi connectivity index (χ2v) is 17.7. The van der Waals surface area contributed by atoms with Gasteiger partial charge in [0, 0.05) is 14.2 Å². The molecule has 1 aliphatic heterocycles. The second kappa shape index (κ2) is 16.0. The van der Waals surface area contributed by atoms with Gasteiger partial charge < -0.3 is 37.7 Å². The lowest BCUT2D eigenvalue weighted by Crippen LogP contribution is -2.47. The van der Waals surface area contributed by atoms with Crippen molar-refractivity contribution in [2.75, 3.05) is 41.0 Å². The summed E-state index contributed by atoms with van der Waals surface area (Å²) in [6, 6.07) is 26.3. The molecule has 0 aliphatic carbocycles. The van der Waals surface area contributed by atoms with E-state index in [2.05, 4.69) is 63.0 Å². The van der Waals surface area contributed by atoms with Crippen molar-refractivity contribution in [3.8, 4) is 11.5 Å². The van der Waals surface area contributed by atoms with Crippen LogP contribution in [-0.2, 0) is 30.0 Å². The van der Waals surface area contributed by atoms with Gasteiger partial charge in [-0.15, -0.1) is 0 Å². The van der Waals surface area contributed by atoms with Crippen molar-refractivity contribution in [1.82, 2.24) is 4.90 Å². The number of benzene rings is 3. The van der Waals surface area contributed by atoms with Crippen molar-refractivity contribution in [3.05, 3.63) is 95.6 Å². The molecule has 8 nitrogen and oxygen atoms in total. The predicted octanol–water partition coefficient (Wildman–Crippen LogP) is 7.66. The zero-order valence-electron chi connectivity index (χ0n) is 27.5. The van der Waals surface area contributed by atoms with Gasteiger partial charge in [0.15, 0.2) is 33.4 Å². The molecule has 244 valence electrons. The average molecular weight is 654 g/mol. The summed E-state index contributed by atoms with van der Waals surface area (Å²) in [5, 5.41) is 0.403. The minimum Gasteiger partial charge on any atom is -0.468 e. The molecule has 0 saturated carbocycles. The molecule has 3 atom stereocenters. The molecule has 0 N–H and O–H groups in total. The summed E-state index contributed by atoms with van der Waals surface area (Å²) in [6.07, 6.45) is -0.887. The van der Waals surface area contributed by atoms with Crippen LogP contribution >= 0.6 is 12.2 Å². The van der Waals surface area contributed by atoms with Crippen LogP contribution in [0.5, 0.6) is 11.5 Å². The van der Waals surface area contributed by atoms with E-state index in [1.54, 1.807) is 14.2 Å². The van der Waals surface area contributed by atoms with E-state index < -0.39 is 20.5 Å². The van der Waals surface area contributed by atoms with Crippen molar-refractivity contribution < 1.29 is 32.8 Å². The Hall–Kier alpha value is -2.99. The van der Waals surface area contributed by atoms with Crippen molar-refractivity contribution in [2.45, 2.75) is 63.8 Å². The molecule has 0 unspecified atom stereocenters. The van der Waals surface area contributed by atoms with E-state index in [0.717, 1.165) is 16.7 Å². The molecule has 0 bridgehead atoms. The highest BCUT2D eigenvalue weighted by molar-refractivity contribution is 7.80. The highest BCUT2D eigenvalue weighted by atomic mass is 32.1. The zero-order chi connectivity index (χ0) is 32.5. The second-order valence-electron chi connectivity index (χ2n) is 12.6. The minimum absolute atomic E-state index is 0.0412. The van der Waals surface area contributed by atoms with Crippen molar-refractivity contribution in [2.24, 2.45) is 0 Å². The van der Waals surface area contributed by atoms with E-state index in [0.29, 0.717) is 36.4 Å². The largest absolute Gasteiger partial charge is 0.468 e. The van der Waals surface area contributed by atoms with Crippen LogP contribution in [0.1, 0.15) is 49.6 Å². The monoisotopic (exact) mass is 653 g/mol. The summed E-state index contributed by atoms with van der Waals surface area (Å²) < 4.78 is 42.2. The first-order chi connectivity index (χ1) is 21.5. The van der Waals surface area contributed by atoms with Gasteiger partial charge in [-0.1, -0.05) is 87.5 Å². The minimum atomic E-state index is -2.33. The molecule has 0 radical (unpaired) electrons. The highest BCUT2D eigenvalue weighted by Crippen LogP contribution is 2.43. The average Bonchev–Trinajstić information content (AvgIpc) is 3.39. The van der Waals surface area contributed by atoms with Crippen LogP contribution < -0.4 is 9.47 Å². The third kappa shape index (κ3) is 9.28. The van der Waals surface area contributed by atoms with Gasteiger partial charge in [-0.25, -0.2) is 0 Å². The maximum absolute atomic E-state index is 7.26. The fourth-order valence-corrected chi connectivity index (χ4v) is 6.39. The SMILES string of the molecule is COCOc1ccc([C@@H](O[Si](C)(C)C(C)(C)C)[C@H](CN2C(=S)OC[C@@H]2c2ccccc2)OCc2ccccc2)cc1OCOC. The number of thiocarbonyl (C=S) groups is 1. The van der Waals surface area contributed by atoms with Crippen LogP contribution in [-0.4, -0.2) is 65.5 Å². The van der Waals surface area contributed by atoms with Crippen LogP contribution in [0.3, 0.4) is 0 Å². The number of hydrogen-bond donors (Lipinski definition) is 0. The topological polar surface area (TPSA) is 67.9 Å². The Bertz CT molecular complexity index is 1350. The Morgan fingerprint density at radius 2 is 1.51 bits per heavy atom. The molecule has 1 saturated heterocycles. The molecule has 45 heavy (non-hydrogen) atoms. The molecule has 3 aromatic rings. The smallest absolute Gasteiger partial charge is 0.260 e. The van der Waals surface area contributed by atoms with Gasteiger partial charge in [-0.2, -0.15) is 0 Å². The quantitative estimate of drug-likeness (QED) is 0.0881. The van der Waals surface area contributed by atoms with Crippen LogP contribution in [0.4, 0.5) is 0 Å². The third-order valence-corrected chi connectivity index (χ3v) is 13.2. The molecule has 0 amide bonds. The fourth-order valence-electron chi connectivity index (χ4n) is 4.84. The van der Waals surface area contributed by atoms with Crippen LogP contribution in [0.2, 0.25) is 18.1 Å². The van der Waals surface area contributed by atoms with Crippen molar-refractivity contribution in [3.63, 3.8) is 0 Å². The van der Waals surface area contributed by atoms with Crippen LogP contribution in [0.15, 0.2) is 78.9 Å². The fraction of sp³-hybridized carbons (Fsp3) is 0.457. The van der Waals surface area contributed by atoms with E-state index in [4.69, 9.17) is 45.1 Å². The van der Waals surface area contributed by atoms with Crippen molar-refractivity contribution in [1.29, 1.82) is 0 Å². The molecule has 0 spiro atoms. The number of rotatable bonds is 16. The molecule has 1 heterocycles. The Kier molecular flexibility index (Phi) is 12.4. The Morgan fingerprint density at radius 1 is 0.889 bits per heavy atom. The normalized spacial score (nSPS) is 16.7. The van der Waals surface area contributed by atoms with E-state index in [1.807, 2.05) is 54.6 Å². The number of ether oxygens (including phenoxy) is 6. The molecule has 10 heteroatoms. The lowest BCUT2D eigenvalue weighted by Gasteiger charge is -2.42. The van der Waals surface area contributed by atoms with E-state index in [9.17, 15) is 0 Å². The number of nitrogens with zero attached hydrogens (tertiary/aromatic N) is 1. The first-order valence-electron chi connectivity index (χ1n) is 15.2. The highest BCUT2D eigenvalue weighted by Gasteiger charge is 2.43. The predicted molar refractivity (Wildman–Crippen MR) is 182 cm³/mol. The standard InChI is InChI=1S/C35H47NO7SSi/c1-35(2,3)45(6,7)43-33(28-18-19-30(41-24-37-4)31(20-28)42-25-38-5)32(39-22-26-14-10-8-11-15-26)21-36-29(23-40-34(36)44)27-16-12-9-13-17-27/h8-20,29,32-33H,21-25H2,1-7H3/t29-,32+,33-/m1/s1. The summed E-state index contributed by atoms with van der Waals surface area (Å²) >= 11 is 5.77. The van der Waals surface area contributed by atoms with E-state index in [1.165, 1.54) is 0 Å². The summed E-state index contributed by atoms with van der Waals surface area (Å²) in [5.41, 5.74) is 3.10. The van der Waals surface area contributed by atoms with Crippen LogP contribution in [0.25, 0.3) is 0 Å². The maximum Gasteiger partial charge on any atom is 0.260 e. The van der Waals surface area contributed by atoms with E-state index >= 15 is 0 Å². The Morgan fingerprint density at radius 3 is 2.13 bits per heavy atom. The molecular weight excluding hydrogens is 607 g/mol. The third-order valence-electron chi connectivity index (χ3n) is 8.37. The molecule has 1 aliphatic rings. The lowest BCUT2D eigenvalue weighted by molar-refractivity contribution is -0.0520. The van der Waals surface area contributed by atoms with Crippen LogP contribution in [0, 0.1) is 0 Å². The van der Waals surface area contributed by atoms with Gasteiger partial charge >= 0.3 is 0 Å². The van der Waals surface area contributed by atoms with Gasteiger partial charge in [0.25, 0.3) is 5.17 Å². The van der Waals surface area contributed by atoms with Gasteiger partial charge in [0.1, 0.15) is 12.7 Å². The summed E-state index contributed by atoms with van der Waals surface area (Å²) in [7, 11) is 0.832. The van der Waals surface area contributed by atoms with Gasteiger partial charge in [0.2, 0.25) is 0 Å².